The average molecular weight is 417 g/mol. The van der Waals surface area contributed by atoms with Crippen LogP contribution in [-0.2, 0) is 28.7 Å². The molecule has 2 amide bonds. The Morgan fingerprint density at radius 1 is 1.07 bits per heavy atom. The van der Waals surface area contributed by atoms with Crippen molar-refractivity contribution < 1.29 is 28.7 Å². The van der Waals surface area contributed by atoms with Crippen LogP contribution in [0.15, 0.2) is 30.4 Å². The minimum Gasteiger partial charge on any atom is -0.463 e. The fourth-order valence-corrected chi connectivity index (χ4v) is 1.99. The Hall–Kier alpha value is -2.58. The molecule has 0 aliphatic rings. The van der Waals surface area contributed by atoms with Crippen molar-refractivity contribution in [2.45, 2.75) is 6.92 Å². The second-order valence-corrected chi connectivity index (χ2v) is 5.93. The number of hydrogen-bond donors (Lipinski definition) is 1. The third kappa shape index (κ3) is 8.57. The van der Waals surface area contributed by atoms with Crippen molar-refractivity contribution in [3.8, 4) is 0 Å². The zero-order valence-electron chi connectivity index (χ0n) is 14.7. The van der Waals surface area contributed by atoms with E-state index in [-0.39, 0.29) is 18.2 Å². The molecule has 0 fully saturated rings. The van der Waals surface area contributed by atoms with E-state index in [0.29, 0.717) is 10.7 Å². The number of likely N-dealkylation sites (N-methyl/N-ethyl adjacent to an activating group) is 1. The van der Waals surface area contributed by atoms with Crippen LogP contribution in [-0.4, -0.2) is 55.5 Å². The van der Waals surface area contributed by atoms with E-state index in [1.807, 2.05) is 0 Å². The Balaban J connectivity index is 2.42. The van der Waals surface area contributed by atoms with Crippen molar-refractivity contribution in [1.29, 1.82) is 0 Å². The number of benzene rings is 1. The molecule has 146 valence electrons. The van der Waals surface area contributed by atoms with Crippen molar-refractivity contribution in [3.63, 3.8) is 0 Å². The highest BCUT2D eigenvalue weighted by Crippen LogP contribution is 2.24. The highest BCUT2D eigenvalue weighted by Gasteiger charge is 2.15. The van der Waals surface area contributed by atoms with Crippen LogP contribution >= 0.6 is 23.2 Å². The zero-order valence-corrected chi connectivity index (χ0v) is 16.2. The highest BCUT2D eigenvalue weighted by atomic mass is 35.5. The Labute approximate surface area is 166 Å². The van der Waals surface area contributed by atoms with Gasteiger partial charge in [0.15, 0.2) is 6.61 Å². The third-order valence-electron chi connectivity index (χ3n) is 2.99. The number of carbonyl (C=O) groups is 4. The summed E-state index contributed by atoms with van der Waals surface area (Å²) in [4.78, 5) is 47.4. The molecule has 0 saturated carbocycles. The van der Waals surface area contributed by atoms with Gasteiger partial charge in [0.2, 0.25) is 5.91 Å². The number of carbonyl (C=O) groups excluding carboxylic acids is 4. The molecule has 1 aromatic carbocycles. The predicted octanol–water partition coefficient (Wildman–Crippen LogP) is 2.05. The summed E-state index contributed by atoms with van der Waals surface area (Å²) < 4.78 is 9.29. The number of amides is 2. The Morgan fingerprint density at radius 3 is 2.30 bits per heavy atom. The van der Waals surface area contributed by atoms with Gasteiger partial charge in [-0.2, -0.15) is 0 Å². The molecule has 0 aliphatic heterocycles. The first-order chi connectivity index (χ1) is 12.7. The smallest absolute Gasteiger partial charge is 0.331 e. The van der Waals surface area contributed by atoms with Crippen molar-refractivity contribution in [3.05, 3.63) is 40.4 Å². The number of halogens is 2. The molecule has 1 rings (SSSR count). The van der Waals surface area contributed by atoms with Crippen LogP contribution in [0.3, 0.4) is 0 Å². The van der Waals surface area contributed by atoms with Crippen LogP contribution in [0.25, 0.3) is 0 Å². The van der Waals surface area contributed by atoms with E-state index in [4.69, 9.17) is 27.9 Å². The number of ether oxygens (including phenoxy) is 2. The lowest BCUT2D eigenvalue weighted by Gasteiger charge is -2.16. The first-order valence-corrected chi connectivity index (χ1v) is 8.49. The zero-order chi connectivity index (χ0) is 20.4. The molecule has 0 radical (unpaired) electrons. The summed E-state index contributed by atoms with van der Waals surface area (Å²) in [5.74, 6) is -2.66. The van der Waals surface area contributed by atoms with Gasteiger partial charge >= 0.3 is 11.9 Å². The van der Waals surface area contributed by atoms with Crippen molar-refractivity contribution in [1.82, 2.24) is 4.90 Å². The van der Waals surface area contributed by atoms with Crippen LogP contribution in [0.4, 0.5) is 5.69 Å². The summed E-state index contributed by atoms with van der Waals surface area (Å²) >= 11 is 11.6. The maximum absolute atomic E-state index is 11.9. The van der Waals surface area contributed by atoms with Gasteiger partial charge in [0, 0.05) is 24.9 Å². The second-order valence-electron chi connectivity index (χ2n) is 5.12. The first-order valence-electron chi connectivity index (χ1n) is 7.73. The maximum Gasteiger partial charge on any atom is 0.331 e. The van der Waals surface area contributed by atoms with Crippen LogP contribution < -0.4 is 5.32 Å². The average Bonchev–Trinajstić information content (AvgIpc) is 2.61. The summed E-state index contributed by atoms with van der Waals surface area (Å²) in [5.41, 5.74) is 0.422. The Morgan fingerprint density at radius 2 is 1.70 bits per heavy atom. The topological polar surface area (TPSA) is 102 Å². The molecule has 0 atom stereocenters. The fourth-order valence-electron chi connectivity index (χ4n) is 1.70. The van der Waals surface area contributed by atoms with E-state index < -0.39 is 30.4 Å². The van der Waals surface area contributed by atoms with Crippen molar-refractivity contribution in [2.24, 2.45) is 0 Å². The van der Waals surface area contributed by atoms with Gasteiger partial charge in [0.25, 0.3) is 5.91 Å². The van der Waals surface area contributed by atoms with Gasteiger partial charge in [-0.25, -0.2) is 9.59 Å². The highest BCUT2D eigenvalue weighted by molar-refractivity contribution is 6.42. The molecular formula is C17H18Cl2N2O6. The summed E-state index contributed by atoms with van der Waals surface area (Å²) in [7, 11) is 1.37. The molecule has 10 heteroatoms. The SMILES string of the molecule is CCOC(=O)/C=C/C(=O)OCC(=O)N(C)CC(=O)Nc1ccc(Cl)c(Cl)c1. The van der Waals surface area contributed by atoms with Crippen LogP contribution in [0.5, 0.6) is 0 Å². The van der Waals surface area contributed by atoms with Crippen LogP contribution in [0, 0.1) is 0 Å². The summed E-state index contributed by atoms with van der Waals surface area (Å²) in [6.45, 7) is 0.944. The molecule has 0 unspecified atom stereocenters. The lowest BCUT2D eigenvalue weighted by molar-refractivity contribution is -0.148. The molecule has 1 N–H and O–H groups in total. The first kappa shape index (κ1) is 22.5. The number of nitrogens with one attached hydrogen (secondary N) is 1. The van der Waals surface area contributed by atoms with Crippen molar-refractivity contribution in [2.75, 3.05) is 32.1 Å². The van der Waals surface area contributed by atoms with Gasteiger partial charge < -0.3 is 19.7 Å². The Kier molecular flexibility index (Phi) is 9.32. The number of nitrogens with zero attached hydrogens (tertiary/aromatic N) is 1. The van der Waals surface area contributed by atoms with E-state index >= 15 is 0 Å². The molecule has 0 bridgehead atoms. The second kappa shape index (κ2) is 11.2. The lowest BCUT2D eigenvalue weighted by atomic mass is 10.3. The lowest BCUT2D eigenvalue weighted by Crippen LogP contribution is -2.37. The summed E-state index contributed by atoms with van der Waals surface area (Å²) in [5, 5.41) is 3.19. The molecule has 0 saturated heterocycles. The normalized spacial score (nSPS) is 10.4. The summed E-state index contributed by atoms with van der Waals surface area (Å²) in [6.07, 6.45) is 1.74. The van der Waals surface area contributed by atoms with Crippen molar-refractivity contribution >= 4 is 52.6 Å². The van der Waals surface area contributed by atoms with Gasteiger partial charge in [-0.1, -0.05) is 23.2 Å². The third-order valence-corrected chi connectivity index (χ3v) is 3.73. The van der Waals surface area contributed by atoms with Crippen LogP contribution in [0.1, 0.15) is 6.92 Å². The van der Waals surface area contributed by atoms with Gasteiger partial charge in [-0.15, -0.1) is 0 Å². The van der Waals surface area contributed by atoms with Gasteiger partial charge in [0.1, 0.15) is 0 Å². The van der Waals surface area contributed by atoms with Gasteiger partial charge in [-0.3, -0.25) is 9.59 Å². The fraction of sp³-hybridized carbons (Fsp3) is 0.294. The maximum atomic E-state index is 11.9. The number of hydrogen-bond acceptors (Lipinski definition) is 6. The molecular weight excluding hydrogens is 399 g/mol. The molecule has 27 heavy (non-hydrogen) atoms. The minimum absolute atomic E-state index is 0.172. The predicted molar refractivity (Wildman–Crippen MR) is 99.5 cm³/mol. The van der Waals surface area contributed by atoms with E-state index in [1.54, 1.807) is 13.0 Å². The molecule has 0 spiro atoms. The number of esters is 2. The van der Waals surface area contributed by atoms with Gasteiger partial charge in [0.05, 0.1) is 23.2 Å². The monoisotopic (exact) mass is 416 g/mol. The largest absolute Gasteiger partial charge is 0.463 e. The van der Waals surface area contributed by atoms with E-state index in [2.05, 4.69) is 10.1 Å². The Bertz CT molecular complexity index is 751. The summed E-state index contributed by atoms with van der Waals surface area (Å²) in [6, 6.07) is 4.56. The number of anilines is 1. The van der Waals surface area contributed by atoms with Crippen LogP contribution in [0.2, 0.25) is 10.0 Å². The van der Waals surface area contributed by atoms with E-state index in [0.717, 1.165) is 17.1 Å². The molecule has 0 heterocycles. The molecule has 8 nitrogen and oxygen atoms in total. The van der Waals surface area contributed by atoms with E-state index in [9.17, 15) is 19.2 Å². The van der Waals surface area contributed by atoms with E-state index in [1.165, 1.54) is 19.2 Å². The standard InChI is InChI=1S/C17H18Cl2N2O6/c1-3-26-16(24)6-7-17(25)27-10-15(23)21(2)9-14(22)20-11-4-5-12(18)13(19)8-11/h4-8H,3,9-10H2,1-2H3,(H,20,22)/b7-6+. The molecule has 0 aliphatic carbocycles. The minimum atomic E-state index is -0.884. The van der Waals surface area contributed by atoms with Gasteiger partial charge in [-0.05, 0) is 25.1 Å². The molecule has 1 aromatic rings. The number of rotatable bonds is 8. The molecule has 0 aromatic heterocycles. The quantitative estimate of drug-likeness (QED) is 0.513.